The molecule has 0 N–H and O–H groups in total. The number of carbonyl (C=O) groups excluding carboxylic acids is 1. The van der Waals surface area contributed by atoms with Crippen molar-refractivity contribution in [3.8, 4) is 0 Å². The van der Waals surface area contributed by atoms with E-state index in [1.165, 1.54) is 19.2 Å². The highest BCUT2D eigenvalue weighted by molar-refractivity contribution is 7.71. The second kappa shape index (κ2) is 3.97. The van der Waals surface area contributed by atoms with Crippen molar-refractivity contribution in [1.82, 2.24) is 4.73 Å². The van der Waals surface area contributed by atoms with E-state index in [-0.39, 0.29) is 10.3 Å². The van der Waals surface area contributed by atoms with E-state index in [2.05, 4.69) is 4.84 Å². The molecule has 6 nitrogen and oxygen atoms in total. The molecule has 0 atom stereocenters. The summed E-state index contributed by atoms with van der Waals surface area (Å²) in [6.07, 6.45) is 1.22. The molecule has 0 fully saturated rings. The molecule has 0 amide bonds. The smallest absolute Gasteiger partial charge is 0.329 e. The fourth-order valence-corrected chi connectivity index (χ4v) is 1.00. The molecule has 0 aromatic carbocycles. The highest BCUT2D eigenvalue weighted by atomic mass is 32.1. The second-order valence-corrected chi connectivity index (χ2v) is 2.81. The Morgan fingerprint density at radius 3 is 2.79 bits per heavy atom. The van der Waals surface area contributed by atoms with Gasteiger partial charge in [0.2, 0.25) is 0 Å². The maximum atomic E-state index is 10.6. The van der Waals surface area contributed by atoms with Gasteiger partial charge in [-0.25, -0.2) is 4.79 Å². The van der Waals surface area contributed by atoms with Gasteiger partial charge in [-0.05, 0) is 0 Å². The van der Waals surface area contributed by atoms with E-state index in [4.69, 9.17) is 12.2 Å². The molecule has 1 heterocycles. The number of nitro groups is 1. The number of carbonyl (C=O) groups is 1. The summed E-state index contributed by atoms with van der Waals surface area (Å²) in [4.78, 5) is 24.9. The van der Waals surface area contributed by atoms with Gasteiger partial charge < -0.3 is 4.84 Å². The Bertz CT molecular complexity index is 440. The predicted molar refractivity (Wildman–Crippen MR) is 49.2 cm³/mol. The molecule has 1 aromatic rings. The molecule has 0 bridgehead atoms. The van der Waals surface area contributed by atoms with Crippen LogP contribution in [-0.2, 0) is 4.79 Å². The lowest BCUT2D eigenvalue weighted by molar-refractivity contribution is -0.385. The number of aromatic nitrogens is 1. The van der Waals surface area contributed by atoms with Crippen molar-refractivity contribution in [3.63, 3.8) is 0 Å². The van der Waals surface area contributed by atoms with E-state index < -0.39 is 10.9 Å². The molecule has 0 saturated carbocycles. The van der Waals surface area contributed by atoms with Crippen molar-refractivity contribution in [1.29, 1.82) is 0 Å². The summed E-state index contributed by atoms with van der Waals surface area (Å²) >= 11 is 4.76. The van der Waals surface area contributed by atoms with E-state index in [0.29, 0.717) is 0 Å². The van der Waals surface area contributed by atoms with E-state index in [9.17, 15) is 14.9 Å². The standard InChI is InChI=1S/C7H6N2O4S/c1-5(10)13-8-3-2-6(9(11)12)4-7(8)14/h2-4H,1H3. The zero-order valence-electron chi connectivity index (χ0n) is 7.17. The van der Waals surface area contributed by atoms with Gasteiger partial charge in [0.05, 0.1) is 17.2 Å². The normalized spacial score (nSPS) is 9.50. The summed E-state index contributed by atoms with van der Waals surface area (Å²) < 4.78 is 1.06. The number of nitrogens with zero attached hydrogens (tertiary/aromatic N) is 2. The molecule has 0 aliphatic rings. The number of rotatable bonds is 2. The molecule has 1 rings (SSSR count). The van der Waals surface area contributed by atoms with Crippen molar-refractivity contribution < 1.29 is 14.6 Å². The highest BCUT2D eigenvalue weighted by Gasteiger charge is 2.06. The SMILES string of the molecule is CC(=O)On1ccc([N+](=O)[O-])cc1=S. The van der Waals surface area contributed by atoms with E-state index in [1.54, 1.807) is 0 Å². The van der Waals surface area contributed by atoms with Gasteiger partial charge in [-0.3, -0.25) is 10.1 Å². The van der Waals surface area contributed by atoms with Gasteiger partial charge in [-0.2, -0.15) is 4.73 Å². The lowest BCUT2D eigenvalue weighted by Crippen LogP contribution is -2.17. The van der Waals surface area contributed by atoms with Crippen LogP contribution in [0.5, 0.6) is 0 Å². The molecular weight excluding hydrogens is 208 g/mol. The monoisotopic (exact) mass is 214 g/mol. The molecule has 0 saturated heterocycles. The Balaban J connectivity index is 3.08. The second-order valence-electron chi connectivity index (χ2n) is 2.39. The minimum atomic E-state index is -0.575. The fraction of sp³-hybridized carbons (Fsp3) is 0.143. The maximum absolute atomic E-state index is 10.6. The Labute approximate surface area is 83.8 Å². The van der Waals surface area contributed by atoms with Crippen LogP contribution < -0.4 is 4.84 Å². The van der Waals surface area contributed by atoms with Gasteiger partial charge >= 0.3 is 5.97 Å². The molecule has 0 aliphatic carbocycles. The van der Waals surface area contributed by atoms with Crippen LogP contribution >= 0.6 is 12.2 Å². The zero-order chi connectivity index (χ0) is 10.7. The molecule has 1 aromatic heterocycles. The third-order valence-electron chi connectivity index (χ3n) is 1.31. The lowest BCUT2D eigenvalue weighted by Gasteiger charge is -2.03. The number of hydrogen-bond acceptors (Lipinski definition) is 5. The van der Waals surface area contributed by atoms with Crippen LogP contribution in [0.15, 0.2) is 18.3 Å². The minimum Gasteiger partial charge on any atom is -0.336 e. The topological polar surface area (TPSA) is 74.4 Å². The third-order valence-corrected chi connectivity index (χ3v) is 1.60. The van der Waals surface area contributed by atoms with E-state index >= 15 is 0 Å². The number of hydrogen-bond donors (Lipinski definition) is 0. The van der Waals surface area contributed by atoms with Crippen molar-refractivity contribution in [2.45, 2.75) is 6.92 Å². The quantitative estimate of drug-likeness (QED) is 0.418. The summed E-state index contributed by atoms with van der Waals surface area (Å²) in [5.41, 5.74) is -0.140. The van der Waals surface area contributed by atoms with E-state index in [1.807, 2.05) is 0 Å². The lowest BCUT2D eigenvalue weighted by atomic mass is 10.4. The van der Waals surface area contributed by atoms with Crippen LogP contribution in [0.2, 0.25) is 0 Å². The van der Waals surface area contributed by atoms with E-state index in [0.717, 1.165) is 10.8 Å². The minimum absolute atomic E-state index is 0.0643. The van der Waals surface area contributed by atoms with Crippen molar-refractivity contribution in [2.75, 3.05) is 0 Å². The van der Waals surface area contributed by atoms with Crippen LogP contribution in [0.1, 0.15) is 6.92 Å². The van der Waals surface area contributed by atoms with Crippen LogP contribution in [0, 0.1) is 14.8 Å². The largest absolute Gasteiger partial charge is 0.336 e. The molecule has 14 heavy (non-hydrogen) atoms. The van der Waals surface area contributed by atoms with Gasteiger partial charge in [0.15, 0.2) is 0 Å². The first-order chi connectivity index (χ1) is 6.50. The summed E-state index contributed by atoms with van der Waals surface area (Å²) in [6, 6.07) is 2.33. The number of pyridine rings is 1. The molecular formula is C7H6N2O4S. The molecule has 0 spiro atoms. The average Bonchev–Trinajstić information content (AvgIpc) is 2.07. The molecule has 7 heteroatoms. The summed E-state index contributed by atoms with van der Waals surface area (Å²) in [7, 11) is 0. The molecule has 74 valence electrons. The molecule has 0 aliphatic heterocycles. The van der Waals surface area contributed by atoms with Crippen LogP contribution in [0.4, 0.5) is 5.69 Å². The third kappa shape index (κ3) is 2.36. The molecule has 0 unspecified atom stereocenters. The van der Waals surface area contributed by atoms with Gasteiger partial charge in [0, 0.05) is 13.0 Å². The first kappa shape index (κ1) is 10.3. The van der Waals surface area contributed by atoms with Crippen molar-refractivity contribution in [3.05, 3.63) is 33.1 Å². The zero-order valence-corrected chi connectivity index (χ0v) is 7.98. The van der Waals surface area contributed by atoms with Crippen LogP contribution in [-0.4, -0.2) is 15.6 Å². The highest BCUT2D eigenvalue weighted by Crippen LogP contribution is 2.09. The Morgan fingerprint density at radius 2 is 2.36 bits per heavy atom. The predicted octanol–water partition coefficient (Wildman–Crippen LogP) is 1.10. The van der Waals surface area contributed by atoms with Crippen molar-refractivity contribution in [2.24, 2.45) is 0 Å². The Morgan fingerprint density at radius 1 is 1.71 bits per heavy atom. The van der Waals surface area contributed by atoms with Crippen LogP contribution in [0.25, 0.3) is 0 Å². The van der Waals surface area contributed by atoms with Gasteiger partial charge in [0.1, 0.15) is 4.64 Å². The van der Waals surface area contributed by atoms with Gasteiger partial charge in [-0.15, -0.1) is 0 Å². The van der Waals surface area contributed by atoms with Crippen LogP contribution in [0.3, 0.4) is 0 Å². The summed E-state index contributed by atoms with van der Waals surface area (Å²) in [6.45, 7) is 1.21. The fourth-order valence-electron chi connectivity index (χ4n) is 0.783. The molecule has 0 radical (unpaired) electrons. The Hall–Kier alpha value is -1.76. The maximum Gasteiger partial charge on any atom is 0.329 e. The first-order valence-electron chi connectivity index (χ1n) is 3.56. The average molecular weight is 214 g/mol. The Kier molecular flexibility index (Phi) is 2.92. The first-order valence-corrected chi connectivity index (χ1v) is 3.97. The summed E-state index contributed by atoms with van der Waals surface area (Å²) in [5.74, 6) is -0.546. The van der Waals surface area contributed by atoms with Crippen molar-refractivity contribution >= 4 is 23.9 Å². The van der Waals surface area contributed by atoms with Gasteiger partial charge in [0.25, 0.3) is 5.69 Å². The van der Waals surface area contributed by atoms with Gasteiger partial charge in [-0.1, -0.05) is 12.2 Å². The summed E-state index contributed by atoms with van der Waals surface area (Å²) in [5, 5.41) is 10.3.